The summed E-state index contributed by atoms with van der Waals surface area (Å²) < 4.78 is 34.5. The summed E-state index contributed by atoms with van der Waals surface area (Å²) in [6.45, 7) is 3.67. The summed E-state index contributed by atoms with van der Waals surface area (Å²) in [5, 5.41) is 0. The van der Waals surface area contributed by atoms with E-state index in [1.54, 1.807) is 22.5 Å². The normalized spacial score (nSPS) is 15.8. The number of hydrogen-bond donors (Lipinski definition) is 0. The molecule has 1 fully saturated rings. The summed E-state index contributed by atoms with van der Waals surface area (Å²) in [4.78, 5) is 2.59. The standard InChI is InChI=1S/C25H27BrN2O3S/c26-23-13-7-8-14-24(23)32(29,30)28-17-15-27(16-18-28)19-20-31-25(21-9-3-1-4-10-21)22-11-5-2-6-12-22/h1-14,25H,15-20H2. The maximum absolute atomic E-state index is 13.0. The molecule has 7 heteroatoms. The molecule has 1 aliphatic heterocycles. The molecule has 1 heterocycles. The highest BCUT2D eigenvalue weighted by molar-refractivity contribution is 9.10. The largest absolute Gasteiger partial charge is 0.367 e. The highest BCUT2D eigenvalue weighted by Gasteiger charge is 2.29. The number of sulfonamides is 1. The van der Waals surface area contributed by atoms with Gasteiger partial charge in [-0.05, 0) is 39.2 Å². The lowest BCUT2D eigenvalue weighted by molar-refractivity contribution is 0.0527. The summed E-state index contributed by atoms with van der Waals surface area (Å²) in [5.74, 6) is 0. The van der Waals surface area contributed by atoms with Crippen LogP contribution in [0.2, 0.25) is 0 Å². The Hall–Kier alpha value is -2.03. The van der Waals surface area contributed by atoms with E-state index in [-0.39, 0.29) is 6.10 Å². The number of nitrogens with zero attached hydrogens (tertiary/aromatic N) is 2. The van der Waals surface area contributed by atoms with Gasteiger partial charge in [-0.2, -0.15) is 4.31 Å². The Morgan fingerprint density at radius 3 is 1.88 bits per heavy atom. The minimum absolute atomic E-state index is 0.116. The fraction of sp³-hybridized carbons (Fsp3) is 0.280. The molecule has 0 bridgehead atoms. The first-order valence-corrected chi connectivity index (χ1v) is 13.0. The summed E-state index contributed by atoms with van der Waals surface area (Å²) >= 11 is 3.36. The third kappa shape index (κ3) is 5.47. The smallest absolute Gasteiger partial charge is 0.244 e. The molecule has 168 valence electrons. The fourth-order valence-electron chi connectivity index (χ4n) is 3.93. The second-order valence-corrected chi connectivity index (χ2v) is 10.5. The van der Waals surface area contributed by atoms with E-state index in [1.807, 2.05) is 42.5 Å². The quantitative estimate of drug-likeness (QED) is 0.442. The van der Waals surface area contributed by atoms with Gasteiger partial charge in [-0.1, -0.05) is 72.8 Å². The number of halogens is 1. The van der Waals surface area contributed by atoms with Crippen molar-refractivity contribution in [3.05, 3.63) is 101 Å². The second kappa shape index (κ2) is 10.7. The highest BCUT2D eigenvalue weighted by Crippen LogP contribution is 2.27. The van der Waals surface area contributed by atoms with Gasteiger partial charge in [-0.3, -0.25) is 4.90 Å². The summed E-state index contributed by atoms with van der Waals surface area (Å²) in [7, 11) is -3.49. The van der Waals surface area contributed by atoms with Crippen molar-refractivity contribution in [3.63, 3.8) is 0 Å². The maximum atomic E-state index is 13.0. The predicted octanol–water partition coefficient (Wildman–Crippen LogP) is 4.56. The predicted molar refractivity (Wildman–Crippen MR) is 130 cm³/mol. The van der Waals surface area contributed by atoms with Crippen molar-refractivity contribution in [3.8, 4) is 0 Å². The molecule has 0 radical (unpaired) electrons. The molecule has 0 spiro atoms. The van der Waals surface area contributed by atoms with Gasteiger partial charge in [0, 0.05) is 37.2 Å². The maximum Gasteiger partial charge on any atom is 0.244 e. The lowest BCUT2D eigenvalue weighted by Gasteiger charge is -2.34. The van der Waals surface area contributed by atoms with Crippen LogP contribution >= 0.6 is 15.9 Å². The van der Waals surface area contributed by atoms with E-state index in [1.165, 1.54) is 0 Å². The summed E-state index contributed by atoms with van der Waals surface area (Å²) in [6.07, 6.45) is -0.116. The number of piperazine rings is 1. The molecule has 0 saturated carbocycles. The highest BCUT2D eigenvalue weighted by atomic mass is 79.9. The van der Waals surface area contributed by atoms with Crippen LogP contribution in [0.4, 0.5) is 0 Å². The van der Waals surface area contributed by atoms with Crippen molar-refractivity contribution in [2.45, 2.75) is 11.0 Å². The number of benzene rings is 3. The first-order chi connectivity index (χ1) is 15.6. The molecule has 1 saturated heterocycles. The Balaban J connectivity index is 1.33. The molecule has 0 aliphatic carbocycles. The fourth-order valence-corrected chi connectivity index (χ4v) is 6.31. The Kier molecular flexibility index (Phi) is 7.75. The van der Waals surface area contributed by atoms with Gasteiger partial charge in [-0.15, -0.1) is 0 Å². The van der Waals surface area contributed by atoms with Crippen molar-refractivity contribution in [2.24, 2.45) is 0 Å². The topological polar surface area (TPSA) is 49.9 Å². The average molecular weight is 515 g/mol. The first-order valence-electron chi connectivity index (χ1n) is 10.7. The number of rotatable bonds is 8. The van der Waals surface area contributed by atoms with Crippen LogP contribution in [0.1, 0.15) is 17.2 Å². The minimum atomic E-state index is -3.49. The zero-order valence-corrected chi connectivity index (χ0v) is 20.2. The molecule has 3 aromatic carbocycles. The lowest BCUT2D eigenvalue weighted by Crippen LogP contribution is -2.49. The average Bonchev–Trinajstić information content (AvgIpc) is 2.83. The van der Waals surface area contributed by atoms with Crippen LogP contribution in [0, 0.1) is 0 Å². The Bertz CT molecular complexity index is 1060. The van der Waals surface area contributed by atoms with Crippen LogP contribution < -0.4 is 0 Å². The molecule has 4 rings (SSSR count). The van der Waals surface area contributed by atoms with E-state index in [2.05, 4.69) is 45.1 Å². The van der Waals surface area contributed by atoms with E-state index in [9.17, 15) is 8.42 Å². The van der Waals surface area contributed by atoms with E-state index in [0.717, 1.165) is 17.7 Å². The van der Waals surface area contributed by atoms with Crippen LogP contribution in [0.15, 0.2) is 94.3 Å². The zero-order valence-electron chi connectivity index (χ0n) is 17.8. The van der Waals surface area contributed by atoms with E-state index >= 15 is 0 Å². The van der Waals surface area contributed by atoms with Gasteiger partial charge < -0.3 is 4.74 Å². The van der Waals surface area contributed by atoms with Gasteiger partial charge >= 0.3 is 0 Å². The Morgan fingerprint density at radius 2 is 1.31 bits per heavy atom. The molecule has 3 aromatic rings. The van der Waals surface area contributed by atoms with Gasteiger partial charge in [0.1, 0.15) is 6.10 Å². The van der Waals surface area contributed by atoms with Crippen LogP contribution in [-0.2, 0) is 14.8 Å². The van der Waals surface area contributed by atoms with Crippen molar-refractivity contribution >= 4 is 26.0 Å². The van der Waals surface area contributed by atoms with Crippen molar-refractivity contribution < 1.29 is 13.2 Å². The van der Waals surface area contributed by atoms with Gasteiger partial charge in [-0.25, -0.2) is 8.42 Å². The summed E-state index contributed by atoms with van der Waals surface area (Å²) in [5.41, 5.74) is 2.26. The third-order valence-corrected chi connectivity index (χ3v) is 8.59. The van der Waals surface area contributed by atoms with Crippen molar-refractivity contribution in [2.75, 3.05) is 39.3 Å². The Labute approximate surface area is 198 Å². The van der Waals surface area contributed by atoms with Crippen molar-refractivity contribution in [1.29, 1.82) is 0 Å². The molecule has 1 aliphatic rings. The SMILES string of the molecule is O=S(=O)(c1ccccc1Br)N1CCN(CCOC(c2ccccc2)c2ccccc2)CC1. The minimum Gasteiger partial charge on any atom is -0.367 e. The van der Waals surface area contributed by atoms with Crippen LogP contribution in [0.3, 0.4) is 0 Å². The van der Waals surface area contributed by atoms with Crippen molar-refractivity contribution in [1.82, 2.24) is 9.21 Å². The molecule has 0 unspecified atom stereocenters. The molecule has 0 aromatic heterocycles. The second-order valence-electron chi connectivity index (χ2n) is 7.75. The molecule has 0 N–H and O–H groups in total. The van der Waals surface area contributed by atoms with Gasteiger partial charge in [0.15, 0.2) is 0 Å². The van der Waals surface area contributed by atoms with Gasteiger partial charge in [0.2, 0.25) is 10.0 Å². The van der Waals surface area contributed by atoms with Gasteiger partial charge in [0.25, 0.3) is 0 Å². The molecular formula is C25H27BrN2O3S. The lowest BCUT2D eigenvalue weighted by atomic mass is 10.0. The third-order valence-electron chi connectivity index (χ3n) is 5.68. The first kappa shape index (κ1) is 23.1. The molecule has 32 heavy (non-hydrogen) atoms. The summed E-state index contributed by atoms with van der Waals surface area (Å²) in [6, 6.07) is 27.4. The monoisotopic (exact) mass is 514 g/mol. The number of ether oxygens (including phenoxy) is 1. The van der Waals surface area contributed by atoms with E-state index in [0.29, 0.717) is 42.2 Å². The van der Waals surface area contributed by atoms with Gasteiger partial charge in [0.05, 0.1) is 11.5 Å². The number of hydrogen-bond acceptors (Lipinski definition) is 4. The molecule has 5 nitrogen and oxygen atoms in total. The van der Waals surface area contributed by atoms with Crippen LogP contribution in [0.25, 0.3) is 0 Å². The molecule has 0 atom stereocenters. The van der Waals surface area contributed by atoms with Crippen LogP contribution in [0.5, 0.6) is 0 Å². The van der Waals surface area contributed by atoms with E-state index < -0.39 is 10.0 Å². The molecule has 0 amide bonds. The Morgan fingerprint density at radius 1 is 0.781 bits per heavy atom. The van der Waals surface area contributed by atoms with E-state index in [4.69, 9.17) is 4.74 Å². The van der Waals surface area contributed by atoms with Crippen LogP contribution in [-0.4, -0.2) is 57.0 Å². The molecular weight excluding hydrogens is 488 g/mol. The zero-order chi connectivity index (χ0) is 22.4.